The standard InChI is InChI=1S/C11H19N3/c1-7(2)11(13-8(3)4)9(5)14-10(6)12/h1H2,2-6H3,(H2,12,14)/b11-9+. The molecule has 0 aromatic rings. The van der Waals surface area contributed by atoms with E-state index in [1.54, 1.807) is 6.92 Å². The summed E-state index contributed by atoms with van der Waals surface area (Å²) in [6.07, 6.45) is 0. The van der Waals surface area contributed by atoms with Crippen LogP contribution in [-0.4, -0.2) is 11.5 Å². The molecular formula is C11H19N3. The average Bonchev–Trinajstić information content (AvgIpc) is 1.97. The largest absolute Gasteiger partial charge is 0.387 e. The molecule has 0 aliphatic heterocycles. The van der Waals surface area contributed by atoms with Crippen molar-refractivity contribution in [2.75, 3.05) is 0 Å². The summed E-state index contributed by atoms with van der Waals surface area (Å²) >= 11 is 0. The number of amidine groups is 1. The Bertz CT molecular complexity index is 311. The molecule has 0 unspecified atom stereocenters. The van der Waals surface area contributed by atoms with Crippen LogP contribution in [0.25, 0.3) is 0 Å². The van der Waals surface area contributed by atoms with Crippen molar-refractivity contribution in [3.05, 3.63) is 23.5 Å². The van der Waals surface area contributed by atoms with Gasteiger partial charge in [-0.25, -0.2) is 4.99 Å². The zero-order chi connectivity index (χ0) is 11.3. The molecule has 0 atom stereocenters. The minimum absolute atomic E-state index is 0.533. The van der Waals surface area contributed by atoms with Gasteiger partial charge in [-0.05, 0) is 40.2 Å². The normalized spacial score (nSPS) is 13.4. The first-order valence-electron chi connectivity index (χ1n) is 4.54. The van der Waals surface area contributed by atoms with Crippen LogP contribution in [0.5, 0.6) is 0 Å². The van der Waals surface area contributed by atoms with Crippen molar-refractivity contribution in [1.29, 1.82) is 0 Å². The summed E-state index contributed by atoms with van der Waals surface area (Å²) in [7, 11) is 0. The molecule has 3 nitrogen and oxygen atoms in total. The molecule has 0 radical (unpaired) electrons. The highest BCUT2D eigenvalue weighted by atomic mass is 14.9. The predicted molar refractivity (Wildman–Crippen MR) is 63.6 cm³/mol. The minimum atomic E-state index is 0.533. The Morgan fingerprint density at radius 2 is 1.50 bits per heavy atom. The first-order chi connectivity index (χ1) is 6.34. The first kappa shape index (κ1) is 12.6. The number of allylic oxidation sites excluding steroid dienone is 2. The van der Waals surface area contributed by atoms with E-state index in [-0.39, 0.29) is 0 Å². The third-order valence-corrected chi connectivity index (χ3v) is 1.43. The van der Waals surface area contributed by atoms with Crippen LogP contribution in [-0.2, 0) is 0 Å². The number of nitrogens with two attached hydrogens (primary N) is 1. The lowest BCUT2D eigenvalue weighted by molar-refractivity contribution is 1.15. The number of hydrogen-bond acceptors (Lipinski definition) is 2. The highest BCUT2D eigenvalue weighted by Gasteiger charge is 2.01. The molecule has 0 aliphatic rings. The van der Waals surface area contributed by atoms with Crippen LogP contribution in [0.2, 0.25) is 0 Å². The molecule has 0 aromatic heterocycles. The van der Waals surface area contributed by atoms with Crippen LogP contribution in [0.1, 0.15) is 34.6 Å². The fraction of sp³-hybridized carbons (Fsp3) is 0.455. The molecule has 0 fully saturated rings. The van der Waals surface area contributed by atoms with Gasteiger partial charge in [0.25, 0.3) is 0 Å². The van der Waals surface area contributed by atoms with E-state index in [1.165, 1.54) is 0 Å². The van der Waals surface area contributed by atoms with Crippen LogP contribution >= 0.6 is 0 Å². The molecule has 0 spiro atoms. The van der Waals surface area contributed by atoms with Gasteiger partial charge in [0.1, 0.15) is 0 Å². The summed E-state index contributed by atoms with van der Waals surface area (Å²) in [5, 5.41) is 0. The van der Waals surface area contributed by atoms with Crippen molar-refractivity contribution in [3.8, 4) is 0 Å². The zero-order valence-electron chi connectivity index (χ0n) is 9.68. The second-order valence-electron chi connectivity index (χ2n) is 3.53. The predicted octanol–water partition coefficient (Wildman–Crippen LogP) is 2.65. The van der Waals surface area contributed by atoms with Gasteiger partial charge >= 0.3 is 0 Å². The van der Waals surface area contributed by atoms with Crippen molar-refractivity contribution in [3.63, 3.8) is 0 Å². The topological polar surface area (TPSA) is 50.7 Å². The van der Waals surface area contributed by atoms with Gasteiger partial charge in [0.05, 0.1) is 17.2 Å². The third-order valence-electron chi connectivity index (χ3n) is 1.43. The van der Waals surface area contributed by atoms with E-state index in [4.69, 9.17) is 5.73 Å². The van der Waals surface area contributed by atoms with Crippen LogP contribution in [0.15, 0.2) is 33.5 Å². The van der Waals surface area contributed by atoms with Crippen LogP contribution in [0.3, 0.4) is 0 Å². The summed E-state index contributed by atoms with van der Waals surface area (Å²) in [6.45, 7) is 13.3. The third kappa shape index (κ3) is 4.60. The lowest BCUT2D eigenvalue weighted by Crippen LogP contribution is -2.05. The molecular weight excluding hydrogens is 174 g/mol. The number of nitrogens with zero attached hydrogens (tertiary/aromatic N) is 2. The molecule has 0 saturated heterocycles. The monoisotopic (exact) mass is 193 g/mol. The Balaban J connectivity index is 5.28. The summed E-state index contributed by atoms with van der Waals surface area (Å²) in [6, 6.07) is 0. The fourth-order valence-electron chi connectivity index (χ4n) is 1.03. The van der Waals surface area contributed by atoms with Gasteiger partial charge in [-0.1, -0.05) is 6.58 Å². The number of rotatable bonds is 3. The molecule has 0 heterocycles. The average molecular weight is 193 g/mol. The molecule has 0 rings (SSSR count). The van der Waals surface area contributed by atoms with E-state index in [0.717, 1.165) is 22.7 Å². The Morgan fingerprint density at radius 1 is 1.00 bits per heavy atom. The maximum atomic E-state index is 5.50. The Hall–Kier alpha value is -1.38. The first-order valence-corrected chi connectivity index (χ1v) is 4.54. The molecule has 0 amide bonds. The van der Waals surface area contributed by atoms with Crippen molar-refractivity contribution in [2.45, 2.75) is 34.6 Å². The van der Waals surface area contributed by atoms with E-state index >= 15 is 0 Å². The van der Waals surface area contributed by atoms with E-state index < -0.39 is 0 Å². The molecule has 0 aliphatic carbocycles. The number of aliphatic imine (C=N–C) groups is 2. The summed E-state index contributed by atoms with van der Waals surface area (Å²) in [4.78, 5) is 8.52. The van der Waals surface area contributed by atoms with Crippen molar-refractivity contribution < 1.29 is 0 Å². The smallest absolute Gasteiger partial charge is 0.0961 e. The van der Waals surface area contributed by atoms with E-state index in [0.29, 0.717) is 5.84 Å². The van der Waals surface area contributed by atoms with E-state index in [1.807, 2.05) is 27.7 Å². The zero-order valence-corrected chi connectivity index (χ0v) is 9.68. The Labute approximate surface area is 86.1 Å². The van der Waals surface area contributed by atoms with Gasteiger partial charge < -0.3 is 5.73 Å². The van der Waals surface area contributed by atoms with Gasteiger partial charge in [-0.15, -0.1) is 0 Å². The maximum absolute atomic E-state index is 5.50. The van der Waals surface area contributed by atoms with Gasteiger partial charge in [-0.3, -0.25) is 4.99 Å². The van der Waals surface area contributed by atoms with Crippen LogP contribution in [0.4, 0.5) is 0 Å². The second kappa shape index (κ2) is 5.37. The van der Waals surface area contributed by atoms with Gasteiger partial charge in [-0.2, -0.15) is 0 Å². The van der Waals surface area contributed by atoms with Crippen molar-refractivity contribution in [2.24, 2.45) is 15.7 Å². The van der Waals surface area contributed by atoms with Gasteiger partial charge in [0.2, 0.25) is 0 Å². The molecule has 14 heavy (non-hydrogen) atoms. The molecule has 3 heteroatoms. The van der Waals surface area contributed by atoms with E-state index in [9.17, 15) is 0 Å². The quantitative estimate of drug-likeness (QED) is 0.418. The molecule has 2 N–H and O–H groups in total. The summed E-state index contributed by atoms with van der Waals surface area (Å²) in [5.74, 6) is 0.533. The molecule has 0 saturated carbocycles. The van der Waals surface area contributed by atoms with Crippen LogP contribution < -0.4 is 5.73 Å². The van der Waals surface area contributed by atoms with Crippen LogP contribution in [0, 0.1) is 0 Å². The van der Waals surface area contributed by atoms with Gasteiger partial charge in [0.15, 0.2) is 0 Å². The minimum Gasteiger partial charge on any atom is -0.387 e. The molecule has 0 aromatic carbocycles. The summed E-state index contributed by atoms with van der Waals surface area (Å²) in [5.41, 5.74) is 8.99. The maximum Gasteiger partial charge on any atom is 0.0961 e. The summed E-state index contributed by atoms with van der Waals surface area (Å²) < 4.78 is 0. The highest BCUT2D eigenvalue weighted by molar-refractivity contribution is 5.81. The molecule has 78 valence electrons. The Kier molecular flexibility index (Phi) is 4.84. The fourth-order valence-corrected chi connectivity index (χ4v) is 1.03. The van der Waals surface area contributed by atoms with Crippen molar-refractivity contribution >= 4 is 11.5 Å². The van der Waals surface area contributed by atoms with E-state index in [2.05, 4.69) is 16.6 Å². The SMILES string of the molecule is C=C(C)/C(N=C(C)C)=C(C)\N=C(/C)N. The van der Waals surface area contributed by atoms with Gasteiger partial charge in [0, 0.05) is 5.71 Å². The Morgan fingerprint density at radius 3 is 1.79 bits per heavy atom. The number of hydrogen-bond donors (Lipinski definition) is 1. The van der Waals surface area contributed by atoms with Crippen molar-refractivity contribution in [1.82, 2.24) is 0 Å². The lowest BCUT2D eigenvalue weighted by atomic mass is 10.2. The second-order valence-corrected chi connectivity index (χ2v) is 3.53. The lowest BCUT2D eigenvalue weighted by Gasteiger charge is -2.04. The molecule has 0 bridgehead atoms. The highest BCUT2D eigenvalue weighted by Crippen LogP contribution is 2.15.